The van der Waals surface area contributed by atoms with Crippen molar-refractivity contribution in [3.8, 4) is 0 Å². The quantitative estimate of drug-likeness (QED) is 0.569. The molecule has 116 valence electrons. The van der Waals surface area contributed by atoms with Gasteiger partial charge in [-0.15, -0.1) is 0 Å². The van der Waals surface area contributed by atoms with Crippen LogP contribution in [0.3, 0.4) is 0 Å². The number of aliphatic carboxylic acids is 1. The van der Waals surface area contributed by atoms with Gasteiger partial charge in [-0.05, 0) is 25.8 Å². The molecular weight excluding hydrogens is 294 g/mol. The topological polar surface area (TPSA) is 84.2 Å². The van der Waals surface area contributed by atoms with Gasteiger partial charge in [-0.3, -0.25) is 14.3 Å². The Morgan fingerprint density at radius 1 is 1.38 bits per heavy atom. The Kier molecular flexibility index (Phi) is 6.94. The van der Waals surface area contributed by atoms with Gasteiger partial charge in [0.2, 0.25) is 5.91 Å². The van der Waals surface area contributed by atoms with Gasteiger partial charge in [0.25, 0.3) is 0 Å². The van der Waals surface area contributed by atoms with E-state index in [-0.39, 0.29) is 12.3 Å². The van der Waals surface area contributed by atoms with Gasteiger partial charge in [-0.2, -0.15) is 5.10 Å². The van der Waals surface area contributed by atoms with Crippen molar-refractivity contribution in [2.24, 2.45) is 7.05 Å². The minimum atomic E-state index is -0.786. The predicted octanol–water partition coefficient (Wildman–Crippen LogP) is 2.16. The molecule has 21 heavy (non-hydrogen) atoms. The van der Waals surface area contributed by atoms with Crippen LogP contribution in [0.1, 0.15) is 36.9 Å². The number of rotatable bonds is 8. The maximum absolute atomic E-state index is 11.6. The summed E-state index contributed by atoms with van der Waals surface area (Å²) in [6, 6.07) is 0. The molecule has 7 heteroatoms. The molecule has 6 nitrogen and oxygen atoms in total. The van der Waals surface area contributed by atoms with Crippen LogP contribution in [0, 0.1) is 6.92 Å². The van der Waals surface area contributed by atoms with Crippen LogP contribution in [-0.2, 0) is 16.6 Å². The number of carboxylic acid groups (broad SMARTS) is 1. The molecule has 1 amide bonds. The van der Waals surface area contributed by atoms with Crippen LogP contribution in [0.5, 0.6) is 0 Å². The Balaban J connectivity index is 2.30. The van der Waals surface area contributed by atoms with E-state index in [1.165, 1.54) is 6.08 Å². The second-order valence-corrected chi connectivity index (χ2v) is 5.10. The maximum atomic E-state index is 11.6. The van der Waals surface area contributed by atoms with Crippen molar-refractivity contribution < 1.29 is 14.7 Å². The Morgan fingerprint density at radius 2 is 2.10 bits per heavy atom. The molecule has 0 aliphatic rings. The van der Waals surface area contributed by atoms with E-state index in [2.05, 4.69) is 10.4 Å². The van der Waals surface area contributed by atoms with Gasteiger partial charge in [0.05, 0.1) is 5.69 Å². The SMILES string of the molecule is Cc1nn(C)c(Cl)c1/C=C/C(=O)NCCCCCC(=O)O. The fourth-order valence-corrected chi connectivity index (χ4v) is 2.08. The molecule has 1 aromatic heterocycles. The second kappa shape index (κ2) is 8.46. The van der Waals surface area contributed by atoms with E-state index in [0.29, 0.717) is 18.1 Å². The highest BCUT2D eigenvalue weighted by Crippen LogP contribution is 2.19. The number of aryl methyl sites for hydroxylation is 2. The van der Waals surface area contributed by atoms with Crippen LogP contribution in [0.4, 0.5) is 0 Å². The number of carboxylic acids is 1. The molecule has 0 radical (unpaired) electrons. The number of aromatic nitrogens is 2. The molecular formula is C14H20ClN3O3. The van der Waals surface area contributed by atoms with Gasteiger partial charge in [0, 0.05) is 31.7 Å². The predicted molar refractivity (Wildman–Crippen MR) is 81.1 cm³/mol. The van der Waals surface area contributed by atoms with Crippen LogP contribution in [0.2, 0.25) is 5.15 Å². The molecule has 0 atom stereocenters. The molecule has 0 aliphatic heterocycles. The summed E-state index contributed by atoms with van der Waals surface area (Å²) in [4.78, 5) is 21.9. The van der Waals surface area contributed by atoms with Gasteiger partial charge in [0.15, 0.2) is 0 Å². The molecule has 0 aromatic carbocycles. The largest absolute Gasteiger partial charge is 0.481 e. The Bertz CT molecular complexity index is 538. The van der Waals surface area contributed by atoms with E-state index in [4.69, 9.17) is 16.7 Å². The first kappa shape index (κ1) is 17.2. The highest BCUT2D eigenvalue weighted by Gasteiger charge is 2.08. The third kappa shape index (κ3) is 5.99. The molecule has 0 spiro atoms. The molecule has 1 heterocycles. The number of nitrogens with one attached hydrogen (secondary N) is 1. The van der Waals surface area contributed by atoms with Crippen molar-refractivity contribution in [2.45, 2.75) is 32.6 Å². The minimum absolute atomic E-state index is 0.173. The standard InChI is InChI=1S/C14H20ClN3O3/c1-10-11(14(15)18(2)17-10)7-8-12(19)16-9-5-3-4-6-13(20)21/h7-8H,3-6,9H2,1-2H3,(H,16,19)(H,20,21)/b8-7+. The monoisotopic (exact) mass is 313 g/mol. The molecule has 1 aromatic rings. The van der Waals surface area contributed by atoms with Crippen molar-refractivity contribution >= 4 is 29.6 Å². The molecule has 0 aliphatic carbocycles. The van der Waals surface area contributed by atoms with Crippen LogP contribution in [0.25, 0.3) is 6.08 Å². The summed E-state index contributed by atoms with van der Waals surface area (Å²) >= 11 is 6.05. The maximum Gasteiger partial charge on any atom is 0.303 e. The fourth-order valence-electron chi connectivity index (χ4n) is 1.84. The average Bonchev–Trinajstić information content (AvgIpc) is 2.65. The molecule has 2 N–H and O–H groups in total. The lowest BCUT2D eigenvalue weighted by Crippen LogP contribution is -2.22. The number of carbonyl (C=O) groups excluding carboxylic acids is 1. The van der Waals surface area contributed by atoms with Crippen LogP contribution >= 0.6 is 11.6 Å². The van der Waals surface area contributed by atoms with Crippen molar-refractivity contribution in [3.63, 3.8) is 0 Å². The zero-order chi connectivity index (χ0) is 15.8. The van der Waals surface area contributed by atoms with E-state index in [1.54, 1.807) is 17.8 Å². The number of amides is 1. The summed E-state index contributed by atoms with van der Waals surface area (Å²) in [5, 5.41) is 15.9. The second-order valence-electron chi connectivity index (χ2n) is 4.74. The molecule has 0 unspecified atom stereocenters. The van der Waals surface area contributed by atoms with Crippen LogP contribution in [-0.4, -0.2) is 33.3 Å². The zero-order valence-corrected chi connectivity index (χ0v) is 13.0. The van der Waals surface area contributed by atoms with Gasteiger partial charge >= 0.3 is 5.97 Å². The van der Waals surface area contributed by atoms with Gasteiger partial charge in [-0.25, -0.2) is 0 Å². The molecule has 0 fully saturated rings. The van der Waals surface area contributed by atoms with Gasteiger partial charge in [0.1, 0.15) is 5.15 Å². The smallest absolute Gasteiger partial charge is 0.303 e. The first-order chi connectivity index (χ1) is 9.91. The summed E-state index contributed by atoms with van der Waals surface area (Å²) in [6.45, 7) is 2.36. The summed E-state index contributed by atoms with van der Waals surface area (Å²) in [5.41, 5.74) is 1.50. The van der Waals surface area contributed by atoms with E-state index in [9.17, 15) is 9.59 Å². The van der Waals surface area contributed by atoms with E-state index in [0.717, 1.165) is 24.1 Å². The number of hydrogen-bond donors (Lipinski definition) is 2. The normalized spacial score (nSPS) is 11.0. The number of hydrogen-bond acceptors (Lipinski definition) is 3. The van der Waals surface area contributed by atoms with Gasteiger partial charge < -0.3 is 10.4 Å². The molecule has 0 bridgehead atoms. The molecule has 0 saturated carbocycles. The van der Waals surface area contributed by atoms with E-state index in [1.807, 2.05) is 6.92 Å². The lowest BCUT2D eigenvalue weighted by atomic mass is 10.2. The molecule has 1 rings (SSSR count). The number of nitrogens with zero attached hydrogens (tertiary/aromatic N) is 2. The van der Waals surface area contributed by atoms with Crippen molar-refractivity contribution in [1.29, 1.82) is 0 Å². The summed E-state index contributed by atoms with van der Waals surface area (Å²) in [7, 11) is 1.74. The Morgan fingerprint density at radius 3 is 2.67 bits per heavy atom. The lowest BCUT2D eigenvalue weighted by molar-refractivity contribution is -0.137. The summed E-state index contributed by atoms with van der Waals surface area (Å²) < 4.78 is 1.55. The fraction of sp³-hybridized carbons (Fsp3) is 0.500. The highest BCUT2D eigenvalue weighted by atomic mass is 35.5. The first-order valence-electron chi connectivity index (χ1n) is 6.78. The summed E-state index contributed by atoms with van der Waals surface area (Å²) in [6.07, 6.45) is 5.42. The highest BCUT2D eigenvalue weighted by molar-refractivity contribution is 6.31. The Hall–Kier alpha value is -1.82. The molecule has 0 saturated heterocycles. The zero-order valence-electron chi connectivity index (χ0n) is 12.2. The van der Waals surface area contributed by atoms with Crippen molar-refractivity contribution in [3.05, 3.63) is 22.5 Å². The number of unbranched alkanes of at least 4 members (excludes halogenated alkanes) is 2. The third-order valence-corrected chi connectivity index (χ3v) is 3.41. The number of carbonyl (C=O) groups is 2. The van der Waals surface area contributed by atoms with Crippen LogP contribution < -0.4 is 5.32 Å². The van der Waals surface area contributed by atoms with E-state index >= 15 is 0 Å². The third-order valence-electron chi connectivity index (χ3n) is 2.96. The van der Waals surface area contributed by atoms with Gasteiger partial charge in [-0.1, -0.05) is 18.0 Å². The minimum Gasteiger partial charge on any atom is -0.481 e. The van der Waals surface area contributed by atoms with Crippen molar-refractivity contribution in [1.82, 2.24) is 15.1 Å². The number of halogens is 1. The average molecular weight is 314 g/mol. The summed E-state index contributed by atoms with van der Waals surface area (Å²) in [5.74, 6) is -0.988. The van der Waals surface area contributed by atoms with Crippen molar-refractivity contribution in [2.75, 3.05) is 6.54 Å². The lowest BCUT2D eigenvalue weighted by Gasteiger charge is -2.01. The van der Waals surface area contributed by atoms with Crippen LogP contribution in [0.15, 0.2) is 6.08 Å². The Labute approximate surface area is 128 Å². The first-order valence-corrected chi connectivity index (χ1v) is 7.16. The van der Waals surface area contributed by atoms with E-state index < -0.39 is 5.97 Å².